The highest BCUT2D eigenvalue weighted by Crippen LogP contribution is 2.21. The summed E-state index contributed by atoms with van der Waals surface area (Å²) in [7, 11) is 0. The van der Waals surface area contributed by atoms with Gasteiger partial charge in [0.1, 0.15) is 5.75 Å². The molecule has 2 rings (SSSR count). The molecule has 0 bridgehead atoms. The van der Waals surface area contributed by atoms with Crippen molar-refractivity contribution in [1.29, 1.82) is 0 Å². The average Bonchev–Trinajstić information content (AvgIpc) is 3.07. The molecule has 8 heteroatoms. The van der Waals surface area contributed by atoms with E-state index in [1.54, 1.807) is 19.1 Å². The van der Waals surface area contributed by atoms with Gasteiger partial charge < -0.3 is 20.1 Å². The highest BCUT2D eigenvalue weighted by Gasteiger charge is 2.28. The number of carbonyl (C=O) groups excluding carboxylic acids is 1. The maximum Gasteiger partial charge on any atom is 0.422 e. The molecule has 2 amide bonds. The van der Waals surface area contributed by atoms with Crippen LogP contribution in [0.1, 0.15) is 38.3 Å². The Morgan fingerprint density at radius 2 is 1.96 bits per heavy atom. The summed E-state index contributed by atoms with van der Waals surface area (Å²) in [5, 5.41) is 5.65. The van der Waals surface area contributed by atoms with Gasteiger partial charge in [-0.2, -0.15) is 13.2 Å². The highest BCUT2D eigenvalue weighted by molar-refractivity contribution is 5.74. The number of hydrogen-bond acceptors (Lipinski definition) is 3. The van der Waals surface area contributed by atoms with Gasteiger partial charge in [0.2, 0.25) is 0 Å². The molecule has 0 saturated carbocycles. The molecule has 5 nitrogen and oxygen atoms in total. The Morgan fingerprint density at radius 1 is 1.28 bits per heavy atom. The zero-order valence-electron chi connectivity index (χ0n) is 14.2. The van der Waals surface area contributed by atoms with Crippen LogP contribution in [0, 0.1) is 0 Å². The number of rotatable bonds is 6. The molecule has 25 heavy (non-hydrogen) atoms. The summed E-state index contributed by atoms with van der Waals surface area (Å²) in [6.07, 6.45) is -2.41. The minimum Gasteiger partial charge on any atom is -0.484 e. The van der Waals surface area contributed by atoms with Crippen molar-refractivity contribution in [2.75, 3.05) is 13.2 Å². The Kier molecular flexibility index (Phi) is 6.52. The molecule has 3 unspecified atom stereocenters. The molecule has 1 saturated heterocycles. The predicted molar refractivity (Wildman–Crippen MR) is 86.5 cm³/mol. The lowest BCUT2D eigenvalue weighted by atomic mass is 10.1. The predicted octanol–water partition coefficient (Wildman–Crippen LogP) is 3.56. The number of amides is 2. The first kappa shape index (κ1) is 19.4. The minimum absolute atomic E-state index is 0.0334. The zero-order chi connectivity index (χ0) is 18.4. The van der Waals surface area contributed by atoms with Crippen molar-refractivity contribution in [2.24, 2.45) is 0 Å². The maximum atomic E-state index is 12.1. The normalized spacial score (nSPS) is 20.0. The molecule has 140 valence electrons. The van der Waals surface area contributed by atoms with Gasteiger partial charge in [0.15, 0.2) is 6.61 Å². The number of hydrogen-bond donors (Lipinski definition) is 2. The van der Waals surface area contributed by atoms with E-state index in [4.69, 9.17) is 4.74 Å². The van der Waals surface area contributed by atoms with E-state index in [9.17, 15) is 18.0 Å². The van der Waals surface area contributed by atoms with Crippen molar-refractivity contribution in [2.45, 2.75) is 51.1 Å². The molecular weight excluding hydrogens is 337 g/mol. The summed E-state index contributed by atoms with van der Waals surface area (Å²) in [4.78, 5) is 12.0. The van der Waals surface area contributed by atoms with Gasteiger partial charge in [-0.05, 0) is 44.4 Å². The van der Waals surface area contributed by atoms with Gasteiger partial charge in [-0.3, -0.25) is 0 Å². The number of ether oxygens (including phenoxy) is 2. The lowest BCUT2D eigenvalue weighted by Gasteiger charge is -2.22. The summed E-state index contributed by atoms with van der Waals surface area (Å²) in [6.45, 7) is 3.08. The van der Waals surface area contributed by atoms with Crippen molar-refractivity contribution >= 4 is 6.03 Å². The molecule has 1 aliphatic rings. The molecule has 0 spiro atoms. The SMILES string of the molecule is CC(NC(=O)NC(C)C1CCCO1)c1ccc(OCC(F)(F)F)cc1. The lowest BCUT2D eigenvalue weighted by molar-refractivity contribution is -0.153. The quantitative estimate of drug-likeness (QED) is 0.816. The topological polar surface area (TPSA) is 59.6 Å². The number of benzene rings is 1. The minimum atomic E-state index is -4.37. The van der Waals surface area contributed by atoms with Crippen LogP contribution in [0.4, 0.5) is 18.0 Å². The van der Waals surface area contributed by atoms with Crippen molar-refractivity contribution in [3.8, 4) is 5.75 Å². The number of carbonyl (C=O) groups is 1. The van der Waals surface area contributed by atoms with Crippen molar-refractivity contribution in [3.63, 3.8) is 0 Å². The van der Waals surface area contributed by atoms with Gasteiger partial charge in [0.25, 0.3) is 0 Å². The number of halogens is 3. The number of nitrogens with one attached hydrogen (secondary N) is 2. The van der Waals surface area contributed by atoms with Crippen LogP contribution in [0.15, 0.2) is 24.3 Å². The third-order valence-corrected chi connectivity index (χ3v) is 4.01. The summed E-state index contributed by atoms with van der Waals surface area (Å²) in [5.41, 5.74) is 0.763. The van der Waals surface area contributed by atoms with E-state index in [1.807, 2.05) is 6.92 Å². The molecular formula is C17H23F3N2O3. The Morgan fingerprint density at radius 3 is 2.52 bits per heavy atom. The van der Waals surface area contributed by atoms with Crippen LogP contribution in [-0.2, 0) is 4.74 Å². The van der Waals surface area contributed by atoms with Crippen LogP contribution >= 0.6 is 0 Å². The van der Waals surface area contributed by atoms with Crippen LogP contribution in [0.3, 0.4) is 0 Å². The first-order chi connectivity index (χ1) is 11.7. The molecule has 1 aliphatic heterocycles. The Bertz CT molecular complexity index is 557. The molecule has 0 radical (unpaired) electrons. The summed E-state index contributed by atoms with van der Waals surface area (Å²) in [5.74, 6) is 0.129. The van der Waals surface area contributed by atoms with E-state index in [0.29, 0.717) is 0 Å². The summed E-state index contributed by atoms with van der Waals surface area (Å²) < 4.78 is 46.5. The van der Waals surface area contributed by atoms with E-state index in [1.165, 1.54) is 12.1 Å². The number of urea groups is 1. The van der Waals surface area contributed by atoms with E-state index in [0.717, 1.165) is 25.0 Å². The molecule has 1 aromatic rings. The monoisotopic (exact) mass is 360 g/mol. The zero-order valence-corrected chi connectivity index (χ0v) is 14.2. The fourth-order valence-corrected chi connectivity index (χ4v) is 2.64. The molecule has 1 aromatic carbocycles. The van der Waals surface area contributed by atoms with E-state index < -0.39 is 12.8 Å². The second kappa shape index (κ2) is 8.42. The molecule has 3 atom stereocenters. The largest absolute Gasteiger partial charge is 0.484 e. The van der Waals surface area contributed by atoms with Crippen LogP contribution in [-0.4, -0.2) is 37.6 Å². The number of alkyl halides is 3. The van der Waals surface area contributed by atoms with Gasteiger partial charge in [0.05, 0.1) is 18.2 Å². The molecule has 0 aromatic heterocycles. The molecule has 0 aliphatic carbocycles. The maximum absolute atomic E-state index is 12.1. The second-order valence-corrected chi connectivity index (χ2v) is 6.15. The van der Waals surface area contributed by atoms with E-state index >= 15 is 0 Å². The van der Waals surface area contributed by atoms with Crippen molar-refractivity contribution in [1.82, 2.24) is 10.6 Å². The fraction of sp³-hybridized carbons (Fsp3) is 0.588. The lowest BCUT2D eigenvalue weighted by Crippen LogP contribution is -2.46. The van der Waals surface area contributed by atoms with Gasteiger partial charge in [-0.15, -0.1) is 0 Å². The van der Waals surface area contributed by atoms with Crippen LogP contribution in [0.5, 0.6) is 5.75 Å². The Labute approximate surface area is 144 Å². The average molecular weight is 360 g/mol. The van der Waals surface area contributed by atoms with E-state index in [-0.39, 0.29) is 30.0 Å². The summed E-state index contributed by atoms with van der Waals surface area (Å²) in [6, 6.07) is 5.45. The Balaban J connectivity index is 1.81. The van der Waals surface area contributed by atoms with Crippen LogP contribution in [0.2, 0.25) is 0 Å². The fourth-order valence-electron chi connectivity index (χ4n) is 2.64. The van der Waals surface area contributed by atoms with Gasteiger partial charge in [-0.25, -0.2) is 4.79 Å². The van der Waals surface area contributed by atoms with Gasteiger partial charge in [-0.1, -0.05) is 12.1 Å². The standard InChI is InChI=1S/C17H23F3N2O3/c1-11(21-16(23)22-12(2)15-4-3-9-24-15)13-5-7-14(8-6-13)25-10-17(18,19)20/h5-8,11-12,15H,3-4,9-10H2,1-2H3,(H2,21,22,23). The van der Waals surface area contributed by atoms with Gasteiger partial charge >= 0.3 is 12.2 Å². The first-order valence-corrected chi connectivity index (χ1v) is 8.23. The third-order valence-electron chi connectivity index (χ3n) is 4.01. The van der Waals surface area contributed by atoms with Crippen molar-refractivity contribution < 1.29 is 27.4 Å². The first-order valence-electron chi connectivity index (χ1n) is 8.23. The smallest absolute Gasteiger partial charge is 0.422 e. The van der Waals surface area contributed by atoms with Crippen LogP contribution in [0.25, 0.3) is 0 Å². The van der Waals surface area contributed by atoms with Crippen LogP contribution < -0.4 is 15.4 Å². The Hall–Kier alpha value is -1.96. The molecule has 1 fully saturated rings. The molecule has 2 N–H and O–H groups in total. The van der Waals surface area contributed by atoms with E-state index in [2.05, 4.69) is 15.4 Å². The van der Waals surface area contributed by atoms with Gasteiger partial charge in [0, 0.05) is 6.61 Å². The molecule has 1 heterocycles. The third kappa shape index (κ3) is 6.45. The second-order valence-electron chi connectivity index (χ2n) is 6.15. The highest BCUT2D eigenvalue weighted by atomic mass is 19.4. The summed E-state index contributed by atoms with van der Waals surface area (Å²) >= 11 is 0. The van der Waals surface area contributed by atoms with Crippen molar-refractivity contribution in [3.05, 3.63) is 29.8 Å².